The summed E-state index contributed by atoms with van der Waals surface area (Å²) >= 11 is 0. The van der Waals surface area contributed by atoms with Crippen LogP contribution in [0.25, 0.3) is 0 Å². The number of carboxylic acid groups (broad SMARTS) is 6. The van der Waals surface area contributed by atoms with Gasteiger partial charge in [-0.05, 0) is 0 Å². The summed E-state index contributed by atoms with van der Waals surface area (Å²) in [5, 5.41) is 67.6. The van der Waals surface area contributed by atoms with Crippen LogP contribution >= 0.6 is 0 Å². The van der Waals surface area contributed by atoms with Gasteiger partial charge in [0.15, 0.2) is 11.2 Å². The third kappa shape index (κ3) is 19.0. The Bertz CT molecular complexity index is 545. The molecule has 0 radical (unpaired) electrons. The van der Waals surface area contributed by atoms with Crippen LogP contribution in [0.2, 0.25) is 0 Å². The fourth-order valence-corrected chi connectivity index (χ4v) is 1.43. The standard InChI is InChI=1S/2C6H8O7.3Mg.H2O.6H/c2*7-3(8)1-6(13,5(11)12)2-4(9)10;;;;;;;;;;/h2*13H,1-2H2,(H,7,8)(H,9,10)(H,11,12);;;;1H2;;;;;;/q;;3*+2;;6*-1. The summed E-state index contributed by atoms with van der Waals surface area (Å²) in [6.45, 7) is 0. The Hall–Kier alpha value is -1.00. The molecule has 0 rings (SSSR count). The van der Waals surface area contributed by atoms with Gasteiger partial charge in [0.05, 0.1) is 25.7 Å². The average molecular weight is 481 g/mol. The molecule has 0 aromatic heterocycles. The third-order valence-corrected chi connectivity index (χ3v) is 2.57. The van der Waals surface area contributed by atoms with Crippen molar-refractivity contribution < 1.29 is 83.7 Å². The molecule has 0 atom stereocenters. The summed E-state index contributed by atoms with van der Waals surface area (Å²) in [7, 11) is 0. The van der Waals surface area contributed by atoms with Crippen molar-refractivity contribution in [1.82, 2.24) is 0 Å². The molecule has 0 saturated carbocycles. The van der Waals surface area contributed by atoms with E-state index in [0.717, 1.165) is 0 Å². The van der Waals surface area contributed by atoms with Gasteiger partial charge >= 0.3 is 105 Å². The van der Waals surface area contributed by atoms with E-state index in [-0.39, 0.29) is 83.2 Å². The molecule has 0 aromatic carbocycles. The van der Waals surface area contributed by atoms with Gasteiger partial charge in [-0.15, -0.1) is 0 Å². The Morgan fingerprint density at radius 2 is 0.633 bits per heavy atom. The SMILES string of the molecule is O.O=C(O)CC(O)(CC(=O)O)C(=O)O.O=C(O)CC(O)(CC(=O)O)C(=O)O.[H-].[H-].[H-].[H-].[H-].[H-].[Mg+2].[Mg+2].[Mg+2]. The predicted molar refractivity (Wildman–Crippen MR) is 102 cm³/mol. The molecule has 10 N–H and O–H groups in total. The van der Waals surface area contributed by atoms with Crippen molar-refractivity contribution >= 4 is 105 Å². The predicted octanol–water partition coefficient (Wildman–Crippen LogP) is -3.79. The number of aliphatic carboxylic acids is 6. The summed E-state index contributed by atoms with van der Waals surface area (Å²) in [5.74, 6) is -10.0. The van der Waals surface area contributed by atoms with Gasteiger partial charge in [-0.2, -0.15) is 0 Å². The van der Waals surface area contributed by atoms with E-state index in [0.29, 0.717) is 0 Å². The van der Waals surface area contributed by atoms with Crippen LogP contribution in [-0.2, 0) is 28.8 Å². The number of rotatable bonds is 10. The number of hydrogen-bond acceptors (Lipinski definition) is 8. The molecule has 0 saturated heterocycles. The Morgan fingerprint density at radius 3 is 0.700 bits per heavy atom. The molecule has 0 amide bonds. The minimum absolute atomic E-state index is 0. The van der Waals surface area contributed by atoms with Crippen molar-refractivity contribution in [1.29, 1.82) is 0 Å². The summed E-state index contributed by atoms with van der Waals surface area (Å²) < 4.78 is 0. The molecule has 0 aromatic rings. The maximum absolute atomic E-state index is 10.3. The van der Waals surface area contributed by atoms with Crippen LogP contribution in [0, 0.1) is 0 Å². The average Bonchev–Trinajstić information content (AvgIpc) is 2.34. The largest absolute Gasteiger partial charge is 2.00 e. The van der Waals surface area contributed by atoms with Crippen LogP contribution in [0.3, 0.4) is 0 Å². The van der Waals surface area contributed by atoms with E-state index >= 15 is 0 Å². The van der Waals surface area contributed by atoms with Gasteiger partial charge in [0.2, 0.25) is 0 Å². The third-order valence-electron chi connectivity index (χ3n) is 2.57. The molecule has 0 spiro atoms. The topological polar surface area (TPSA) is 296 Å². The minimum Gasteiger partial charge on any atom is -1.00 e. The Kier molecular flexibility index (Phi) is 26.9. The fourth-order valence-electron chi connectivity index (χ4n) is 1.43. The Balaban J connectivity index is -0.0000000250. The first kappa shape index (κ1) is 43.0. The summed E-state index contributed by atoms with van der Waals surface area (Å²) in [6, 6.07) is 0. The number of aliphatic hydroxyl groups is 2. The Morgan fingerprint density at radius 1 is 0.500 bits per heavy atom. The number of carbonyl (C=O) groups is 6. The molecule has 0 unspecified atom stereocenters. The van der Waals surface area contributed by atoms with Crippen LogP contribution in [0.15, 0.2) is 0 Å². The second-order valence-electron chi connectivity index (χ2n) is 4.96. The van der Waals surface area contributed by atoms with E-state index in [2.05, 4.69) is 0 Å². The second kappa shape index (κ2) is 18.7. The van der Waals surface area contributed by atoms with Gasteiger partial charge in [0.1, 0.15) is 0 Å². The van der Waals surface area contributed by atoms with Crippen LogP contribution in [-0.4, -0.2) is 163 Å². The van der Waals surface area contributed by atoms with E-state index in [1.165, 1.54) is 0 Å². The first-order chi connectivity index (χ1) is 11.6. The maximum atomic E-state index is 10.3. The molecule has 0 aliphatic rings. The molecule has 0 fully saturated rings. The molecular formula is C12H24Mg3O15. The minimum atomic E-state index is -2.74. The van der Waals surface area contributed by atoms with Gasteiger partial charge in [0, 0.05) is 0 Å². The normalized spacial score (nSPS) is 9.40. The van der Waals surface area contributed by atoms with E-state index in [1.54, 1.807) is 0 Å². The molecule has 18 heteroatoms. The van der Waals surface area contributed by atoms with Gasteiger partial charge < -0.3 is 54.9 Å². The van der Waals surface area contributed by atoms with Crippen LogP contribution in [0.5, 0.6) is 0 Å². The van der Waals surface area contributed by atoms with E-state index in [9.17, 15) is 28.8 Å². The summed E-state index contributed by atoms with van der Waals surface area (Å²) in [6.07, 6.45) is -4.58. The van der Waals surface area contributed by atoms with Crippen molar-refractivity contribution in [3.05, 3.63) is 0 Å². The molecular weight excluding hydrogens is 457 g/mol. The molecule has 0 aliphatic heterocycles. The van der Waals surface area contributed by atoms with Crippen LogP contribution < -0.4 is 0 Å². The van der Waals surface area contributed by atoms with E-state index in [1.807, 2.05) is 0 Å². The van der Waals surface area contributed by atoms with Gasteiger partial charge in [0.25, 0.3) is 0 Å². The molecule has 30 heavy (non-hydrogen) atoms. The van der Waals surface area contributed by atoms with Crippen LogP contribution in [0.1, 0.15) is 34.2 Å². The first-order valence-corrected chi connectivity index (χ1v) is 6.34. The monoisotopic (exact) mass is 480 g/mol. The smallest absolute Gasteiger partial charge is 1.00 e. The molecule has 0 aliphatic carbocycles. The van der Waals surface area contributed by atoms with Gasteiger partial charge in [-0.25, -0.2) is 9.59 Å². The van der Waals surface area contributed by atoms with E-state index < -0.39 is 72.7 Å². The van der Waals surface area contributed by atoms with Gasteiger partial charge in [-0.1, -0.05) is 0 Å². The Labute approximate surface area is 224 Å². The van der Waals surface area contributed by atoms with Crippen molar-refractivity contribution in [2.45, 2.75) is 36.9 Å². The first-order valence-electron chi connectivity index (χ1n) is 6.34. The molecule has 0 heterocycles. The molecule has 15 nitrogen and oxygen atoms in total. The molecule has 0 bridgehead atoms. The van der Waals surface area contributed by atoms with Crippen LogP contribution in [0.4, 0.5) is 0 Å². The van der Waals surface area contributed by atoms with Crippen molar-refractivity contribution in [3.8, 4) is 0 Å². The maximum Gasteiger partial charge on any atom is 2.00 e. The van der Waals surface area contributed by atoms with E-state index in [4.69, 9.17) is 40.9 Å². The van der Waals surface area contributed by atoms with Crippen molar-refractivity contribution in [2.75, 3.05) is 0 Å². The fraction of sp³-hybridized carbons (Fsp3) is 0.500. The number of carboxylic acids is 6. The number of hydrogen-bond donors (Lipinski definition) is 8. The van der Waals surface area contributed by atoms with Crippen molar-refractivity contribution in [2.24, 2.45) is 0 Å². The molecule has 168 valence electrons. The zero-order valence-corrected chi connectivity index (χ0v) is 19.7. The zero-order valence-electron chi connectivity index (χ0n) is 21.5. The summed E-state index contributed by atoms with van der Waals surface area (Å²) in [4.78, 5) is 61.0. The van der Waals surface area contributed by atoms with Crippen molar-refractivity contribution in [3.63, 3.8) is 0 Å². The summed E-state index contributed by atoms with van der Waals surface area (Å²) in [5.41, 5.74) is -5.48. The van der Waals surface area contributed by atoms with Gasteiger partial charge in [-0.3, -0.25) is 19.2 Å². The zero-order chi connectivity index (χ0) is 21.3. The quantitative estimate of drug-likeness (QED) is 0.139. The second-order valence-corrected chi connectivity index (χ2v) is 4.96.